The number of aryl methyl sites for hydroxylation is 1. The molecule has 0 saturated heterocycles. The summed E-state index contributed by atoms with van der Waals surface area (Å²) >= 11 is 10.6. The Hall–Kier alpha value is -0.580. The van der Waals surface area contributed by atoms with Crippen molar-refractivity contribution in [3.63, 3.8) is 0 Å². The van der Waals surface area contributed by atoms with Gasteiger partial charge < -0.3 is 4.42 Å². The second-order valence-corrected chi connectivity index (χ2v) is 5.10. The Morgan fingerprint density at radius 3 is 2.80 bits per heavy atom. The fourth-order valence-corrected chi connectivity index (χ4v) is 2.74. The molecule has 5 heteroatoms. The van der Waals surface area contributed by atoms with Gasteiger partial charge in [0, 0.05) is 0 Å². The first kappa shape index (κ1) is 10.9. The van der Waals surface area contributed by atoms with Gasteiger partial charge in [-0.1, -0.05) is 11.6 Å². The summed E-state index contributed by atoms with van der Waals surface area (Å²) in [6, 6.07) is 1.68. The van der Waals surface area contributed by atoms with Gasteiger partial charge >= 0.3 is 0 Å². The predicted octanol–water partition coefficient (Wildman–Crippen LogP) is 4.30. The largest absolute Gasteiger partial charge is 0.460 e. The summed E-state index contributed by atoms with van der Waals surface area (Å²) in [5.74, 6) is 0.105. The lowest BCUT2D eigenvalue weighted by Crippen LogP contribution is -1.98. The number of halogens is 2. The van der Waals surface area contributed by atoms with E-state index in [2.05, 4.69) is 15.9 Å². The first-order valence-corrected chi connectivity index (χ1v) is 6.17. The first-order valence-electron chi connectivity index (χ1n) is 4.12. The van der Waals surface area contributed by atoms with Crippen LogP contribution in [0.4, 0.5) is 0 Å². The van der Waals surface area contributed by atoms with Gasteiger partial charge in [0.1, 0.15) is 0 Å². The van der Waals surface area contributed by atoms with Gasteiger partial charge in [-0.3, -0.25) is 4.79 Å². The molecular formula is C10H6BrClO2S. The van der Waals surface area contributed by atoms with E-state index in [4.69, 9.17) is 16.0 Å². The highest BCUT2D eigenvalue weighted by molar-refractivity contribution is 9.10. The van der Waals surface area contributed by atoms with Crippen LogP contribution in [0.1, 0.15) is 21.0 Å². The molecule has 0 N–H and O–H groups in total. The van der Waals surface area contributed by atoms with Crippen molar-refractivity contribution in [2.75, 3.05) is 0 Å². The summed E-state index contributed by atoms with van der Waals surface area (Å²) in [5, 5.41) is 2.36. The van der Waals surface area contributed by atoms with Gasteiger partial charge in [0.05, 0.1) is 20.6 Å². The molecule has 0 aliphatic rings. The van der Waals surface area contributed by atoms with Gasteiger partial charge in [0.15, 0.2) is 5.76 Å². The number of furan rings is 1. The van der Waals surface area contributed by atoms with Crippen molar-refractivity contribution < 1.29 is 9.21 Å². The minimum Gasteiger partial charge on any atom is -0.460 e. The molecule has 2 heterocycles. The molecule has 0 fully saturated rings. The maximum absolute atomic E-state index is 12.0. The zero-order chi connectivity index (χ0) is 11.0. The number of carbonyl (C=O) groups excluding carboxylic acids is 1. The van der Waals surface area contributed by atoms with Gasteiger partial charge in [-0.05, 0) is 39.9 Å². The standard InChI is InChI=1S/C10H6BrClO2S/c1-5-4-15-10(7(5)12)8(13)9-6(11)2-3-14-9/h2-4H,1H3. The number of rotatable bonds is 2. The van der Waals surface area contributed by atoms with E-state index in [1.54, 1.807) is 6.07 Å². The second-order valence-electron chi connectivity index (χ2n) is 2.99. The third kappa shape index (κ3) is 1.89. The van der Waals surface area contributed by atoms with Crippen LogP contribution in [-0.4, -0.2) is 5.78 Å². The predicted molar refractivity (Wildman–Crippen MR) is 63.9 cm³/mol. The number of carbonyl (C=O) groups is 1. The number of hydrogen-bond donors (Lipinski definition) is 0. The summed E-state index contributed by atoms with van der Waals surface area (Å²) < 4.78 is 5.74. The van der Waals surface area contributed by atoms with Crippen LogP contribution in [0.2, 0.25) is 5.02 Å². The average Bonchev–Trinajstić information content (AvgIpc) is 2.75. The van der Waals surface area contributed by atoms with E-state index in [0.717, 1.165) is 5.56 Å². The first-order chi connectivity index (χ1) is 7.11. The van der Waals surface area contributed by atoms with E-state index in [0.29, 0.717) is 20.1 Å². The van der Waals surface area contributed by atoms with Crippen LogP contribution >= 0.6 is 38.9 Å². The molecule has 0 aromatic carbocycles. The van der Waals surface area contributed by atoms with Crippen molar-refractivity contribution in [2.45, 2.75) is 6.92 Å². The van der Waals surface area contributed by atoms with Gasteiger partial charge in [0.25, 0.3) is 0 Å². The lowest BCUT2D eigenvalue weighted by Gasteiger charge is -1.95. The minimum atomic E-state index is -0.185. The molecule has 0 aliphatic heterocycles. The van der Waals surface area contributed by atoms with Crippen LogP contribution in [0, 0.1) is 6.92 Å². The van der Waals surface area contributed by atoms with E-state index in [9.17, 15) is 4.79 Å². The number of ketones is 1. The minimum absolute atomic E-state index is 0.185. The summed E-state index contributed by atoms with van der Waals surface area (Å²) in [4.78, 5) is 12.5. The van der Waals surface area contributed by atoms with E-state index in [1.807, 2.05) is 12.3 Å². The van der Waals surface area contributed by atoms with Gasteiger partial charge in [-0.25, -0.2) is 0 Å². The van der Waals surface area contributed by atoms with Crippen molar-refractivity contribution in [1.29, 1.82) is 0 Å². The van der Waals surface area contributed by atoms with E-state index in [1.165, 1.54) is 17.6 Å². The Morgan fingerprint density at radius 1 is 1.60 bits per heavy atom. The van der Waals surface area contributed by atoms with E-state index >= 15 is 0 Å². The third-order valence-electron chi connectivity index (χ3n) is 1.93. The summed E-state index contributed by atoms with van der Waals surface area (Å²) in [7, 11) is 0. The maximum Gasteiger partial charge on any atom is 0.240 e. The molecule has 2 aromatic rings. The zero-order valence-electron chi connectivity index (χ0n) is 7.71. The molecule has 15 heavy (non-hydrogen) atoms. The molecule has 0 bridgehead atoms. The van der Waals surface area contributed by atoms with Gasteiger partial charge in [-0.15, -0.1) is 11.3 Å². The fraction of sp³-hybridized carbons (Fsp3) is 0.100. The number of thiophene rings is 1. The van der Waals surface area contributed by atoms with Crippen molar-refractivity contribution in [2.24, 2.45) is 0 Å². The summed E-state index contributed by atoms with van der Waals surface area (Å²) in [6.45, 7) is 1.87. The van der Waals surface area contributed by atoms with Gasteiger partial charge in [0.2, 0.25) is 5.78 Å². The van der Waals surface area contributed by atoms with Crippen LogP contribution in [0.3, 0.4) is 0 Å². The highest BCUT2D eigenvalue weighted by Crippen LogP contribution is 2.31. The molecular weight excluding hydrogens is 300 g/mol. The molecule has 0 spiro atoms. The molecule has 2 rings (SSSR count). The quantitative estimate of drug-likeness (QED) is 0.775. The summed E-state index contributed by atoms with van der Waals surface area (Å²) in [5.41, 5.74) is 0.910. The molecule has 2 nitrogen and oxygen atoms in total. The Balaban J connectivity index is 2.46. The Bertz CT molecular complexity index is 515. The van der Waals surface area contributed by atoms with E-state index in [-0.39, 0.29) is 5.78 Å². The molecule has 0 saturated carbocycles. The number of hydrogen-bond acceptors (Lipinski definition) is 3. The molecule has 0 aliphatic carbocycles. The second kappa shape index (κ2) is 4.12. The SMILES string of the molecule is Cc1csc(C(=O)c2occc2Br)c1Cl. The highest BCUT2D eigenvalue weighted by atomic mass is 79.9. The van der Waals surface area contributed by atoms with E-state index < -0.39 is 0 Å². The average molecular weight is 306 g/mol. The monoisotopic (exact) mass is 304 g/mol. The van der Waals surface area contributed by atoms with Crippen LogP contribution < -0.4 is 0 Å². The lowest BCUT2D eigenvalue weighted by atomic mass is 10.2. The summed E-state index contributed by atoms with van der Waals surface area (Å²) in [6.07, 6.45) is 1.46. The molecule has 78 valence electrons. The fourth-order valence-electron chi connectivity index (χ4n) is 1.14. The van der Waals surface area contributed by atoms with Crippen LogP contribution in [-0.2, 0) is 0 Å². The molecule has 0 atom stereocenters. The Morgan fingerprint density at radius 2 is 2.33 bits per heavy atom. The normalized spacial score (nSPS) is 10.6. The molecule has 0 unspecified atom stereocenters. The third-order valence-corrected chi connectivity index (χ3v) is 4.25. The van der Waals surface area contributed by atoms with Gasteiger partial charge in [-0.2, -0.15) is 0 Å². The Kier molecular flexibility index (Phi) is 3.00. The van der Waals surface area contributed by atoms with Crippen molar-refractivity contribution in [3.05, 3.63) is 43.4 Å². The highest BCUT2D eigenvalue weighted by Gasteiger charge is 2.21. The molecule has 0 amide bonds. The molecule has 2 aromatic heterocycles. The smallest absolute Gasteiger partial charge is 0.240 e. The zero-order valence-corrected chi connectivity index (χ0v) is 10.9. The Labute approximate surface area is 104 Å². The van der Waals surface area contributed by atoms with Crippen LogP contribution in [0.5, 0.6) is 0 Å². The van der Waals surface area contributed by atoms with Crippen LogP contribution in [0.15, 0.2) is 26.6 Å². The van der Waals surface area contributed by atoms with Crippen molar-refractivity contribution >= 4 is 44.7 Å². The van der Waals surface area contributed by atoms with Crippen molar-refractivity contribution in [1.82, 2.24) is 0 Å². The topological polar surface area (TPSA) is 30.2 Å². The van der Waals surface area contributed by atoms with Crippen LogP contribution in [0.25, 0.3) is 0 Å². The van der Waals surface area contributed by atoms with Crippen molar-refractivity contribution in [3.8, 4) is 0 Å². The maximum atomic E-state index is 12.0. The lowest BCUT2D eigenvalue weighted by molar-refractivity contribution is 0.101. The molecule has 0 radical (unpaired) electrons.